The molecular formula is C13H17N3O2S. The minimum atomic E-state index is -0.225. The predicted octanol–water partition coefficient (Wildman–Crippen LogP) is 3.02. The van der Waals surface area contributed by atoms with Crippen molar-refractivity contribution in [2.75, 3.05) is 0 Å². The average molecular weight is 279 g/mol. The van der Waals surface area contributed by atoms with E-state index in [-0.39, 0.29) is 11.9 Å². The van der Waals surface area contributed by atoms with E-state index < -0.39 is 0 Å². The Bertz CT molecular complexity index is 534. The highest BCUT2D eigenvalue weighted by Gasteiger charge is 2.21. The van der Waals surface area contributed by atoms with Crippen molar-refractivity contribution in [3.8, 4) is 11.4 Å². The molecule has 0 aliphatic heterocycles. The van der Waals surface area contributed by atoms with Crippen molar-refractivity contribution in [3.63, 3.8) is 0 Å². The molecule has 1 N–H and O–H groups in total. The molecule has 6 heteroatoms. The van der Waals surface area contributed by atoms with Gasteiger partial charge in [0.2, 0.25) is 17.6 Å². The predicted molar refractivity (Wildman–Crippen MR) is 73.6 cm³/mol. The van der Waals surface area contributed by atoms with Crippen LogP contribution in [0.2, 0.25) is 0 Å². The van der Waals surface area contributed by atoms with Gasteiger partial charge in [0.15, 0.2) is 0 Å². The molecule has 0 saturated heterocycles. The van der Waals surface area contributed by atoms with Crippen LogP contribution in [0, 0.1) is 5.92 Å². The Morgan fingerprint density at radius 1 is 1.53 bits per heavy atom. The van der Waals surface area contributed by atoms with Gasteiger partial charge in [-0.2, -0.15) is 16.3 Å². The van der Waals surface area contributed by atoms with E-state index in [2.05, 4.69) is 29.3 Å². The normalized spacial score (nSPS) is 12.6. The largest absolute Gasteiger partial charge is 0.345 e. The zero-order valence-electron chi connectivity index (χ0n) is 11.2. The summed E-state index contributed by atoms with van der Waals surface area (Å²) >= 11 is 1.58. The lowest BCUT2D eigenvalue weighted by molar-refractivity contribution is -0.120. The van der Waals surface area contributed by atoms with Crippen LogP contribution < -0.4 is 5.32 Å². The van der Waals surface area contributed by atoms with Gasteiger partial charge in [0, 0.05) is 17.9 Å². The topological polar surface area (TPSA) is 68.0 Å². The molecule has 0 fully saturated rings. The van der Waals surface area contributed by atoms with E-state index in [1.54, 1.807) is 11.3 Å². The first-order valence-corrected chi connectivity index (χ1v) is 7.14. The number of hydrogen-bond donors (Lipinski definition) is 1. The highest BCUT2D eigenvalue weighted by atomic mass is 32.1. The Balaban J connectivity index is 2.19. The molecule has 0 aliphatic carbocycles. The zero-order valence-corrected chi connectivity index (χ0v) is 12.0. The van der Waals surface area contributed by atoms with Crippen LogP contribution in [0.4, 0.5) is 0 Å². The number of nitrogens with zero attached hydrogens (tertiary/aromatic N) is 2. The Morgan fingerprint density at radius 3 is 2.89 bits per heavy atom. The lowest BCUT2D eigenvalue weighted by Crippen LogP contribution is -2.27. The molecule has 0 aromatic carbocycles. The third kappa shape index (κ3) is 3.64. The molecule has 102 valence electrons. The molecule has 2 rings (SSSR count). The Labute approximate surface area is 116 Å². The average Bonchev–Trinajstić information content (AvgIpc) is 2.98. The van der Waals surface area contributed by atoms with Gasteiger partial charge in [-0.05, 0) is 23.8 Å². The van der Waals surface area contributed by atoms with Crippen molar-refractivity contribution in [1.82, 2.24) is 15.5 Å². The van der Waals surface area contributed by atoms with Gasteiger partial charge in [-0.3, -0.25) is 4.79 Å². The van der Waals surface area contributed by atoms with Crippen LogP contribution in [-0.4, -0.2) is 16.0 Å². The molecule has 2 heterocycles. The summed E-state index contributed by atoms with van der Waals surface area (Å²) in [6, 6.07) is 1.71. The van der Waals surface area contributed by atoms with Crippen LogP contribution in [0.25, 0.3) is 11.4 Å². The molecule has 19 heavy (non-hydrogen) atoms. The van der Waals surface area contributed by atoms with Crippen molar-refractivity contribution < 1.29 is 9.32 Å². The number of amides is 1. The second-order valence-corrected chi connectivity index (χ2v) is 5.63. The van der Waals surface area contributed by atoms with Gasteiger partial charge < -0.3 is 9.84 Å². The molecule has 0 radical (unpaired) electrons. The number of carbonyl (C=O) groups excluding carboxylic acids is 1. The van der Waals surface area contributed by atoms with Crippen LogP contribution in [-0.2, 0) is 4.79 Å². The highest BCUT2D eigenvalue weighted by molar-refractivity contribution is 7.08. The smallest absolute Gasteiger partial charge is 0.249 e. The fourth-order valence-corrected chi connectivity index (χ4v) is 2.46. The summed E-state index contributed by atoms with van der Waals surface area (Å²) in [5.74, 6) is 1.36. The molecular weight excluding hydrogens is 262 g/mol. The van der Waals surface area contributed by atoms with Gasteiger partial charge in [-0.15, -0.1) is 0 Å². The van der Waals surface area contributed by atoms with Gasteiger partial charge in [0.25, 0.3) is 0 Å². The van der Waals surface area contributed by atoms with Crippen molar-refractivity contribution in [3.05, 3.63) is 22.7 Å². The fraction of sp³-hybridized carbons (Fsp3) is 0.462. The van der Waals surface area contributed by atoms with Crippen LogP contribution in [0.1, 0.15) is 39.1 Å². The summed E-state index contributed by atoms with van der Waals surface area (Å²) in [4.78, 5) is 15.6. The minimum Gasteiger partial charge on any atom is -0.345 e. The minimum absolute atomic E-state index is 0.0964. The molecule has 2 aromatic heterocycles. The maximum atomic E-state index is 11.2. The van der Waals surface area contributed by atoms with E-state index in [1.807, 2.05) is 16.8 Å². The number of nitrogens with one attached hydrogen (secondary N) is 1. The van der Waals surface area contributed by atoms with Crippen molar-refractivity contribution in [2.45, 2.75) is 33.2 Å². The second-order valence-electron chi connectivity index (χ2n) is 4.85. The second kappa shape index (κ2) is 5.97. The summed E-state index contributed by atoms with van der Waals surface area (Å²) in [6.07, 6.45) is 0.769. The van der Waals surface area contributed by atoms with Gasteiger partial charge in [-0.1, -0.05) is 19.0 Å². The Kier molecular flexibility index (Phi) is 4.31. The number of hydrogen-bond acceptors (Lipinski definition) is 5. The summed E-state index contributed by atoms with van der Waals surface area (Å²) < 4.78 is 5.28. The number of carbonyl (C=O) groups is 1. The summed E-state index contributed by atoms with van der Waals surface area (Å²) in [5.41, 5.74) is 0.936. The van der Waals surface area contributed by atoms with Gasteiger partial charge >= 0.3 is 0 Å². The number of rotatable bonds is 5. The molecule has 0 aliphatic rings. The third-order valence-electron chi connectivity index (χ3n) is 2.60. The fourth-order valence-electron chi connectivity index (χ4n) is 1.82. The molecule has 1 amide bonds. The van der Waals surface area contributed by atoms with Crippen molar-refractivity contribution in [1.29, 1.82) is 0 Å². The van der Waals surface area contributed by atoms with Crippen molar-refractivity contribution in [2.24, 2.45) is 5.92 Å². The molecule has 0 bridgehead atoms. The monoisotopic (exact) mass is 279 g/mol. The van der Waals surface area contributed by atoms with Crippen LogP contribution >= 0.6 is 11.3 Å². The zero-order chi connectivity index (χ0) is 13.8. The molecule has 5 nitrogen and oxygen atoms in total. The van der Waals surface area contributed by atoms with E-state index in [0.29, 0.717) is 17.6 Å². The summed E-state index contributed by atoms with van der Waals surface area (Å²) in [5, 5.41) is 10.7. The van der Waals surface area contributed by atoms with E-state index in [0.717, 1.165) is 12.0 Å². The molecule has 2 aromatic rings. The van der Waals surface area contributed by atoms with E-state index in [1.165, 1.54) is 6.92 Å². The maximum Gasteiger partial charge on any atom is 0.249 e. The third-order valence-corrected chi connectivity index (χ3v) is 3.29. The molecule has 0 saturated carbocycles. The Hall–Kier alpha value is -1.69. The summed E-state index contributed by atoms with van der Waals surface area (Å²) in [6.45, 7) is 5.67. The first kappa shape index (κ1) is 13.7. The summed E-state index contributed by atoms with van der Waals surface area (Å²) in [7, 11) is 0. The SMILES string of the molecule is CC(=O)N[C@@H](CC(C)C)c1nc(-c2ccsc2)no1. The van der Waals surface area contributed by atoms with Crippen LogP contribution in [0.15, 0.2) is 21.3 Å². The van der Waals surface area contributed by atoms with Gasteiger partial charge in [0.1, 0.15) is 6.04 Å². The van der Waals surface area contributed by atoms with E-state index >= 15 is 0 Å². The van der Waals surface area contributed by atoms with E-state index in [9.17, 15) is 4.79 Å². The maximum absolute atomic E-state index is 11.2. The first-order chi connectivity index (χ1) is 9.06. The van der Waals surface area contributed by atoms with Gasteiger partial charge in [0.05, 0.1) is 0 Å². The van der Waals surface area contributed by atoms with Crippen molar-refractivity contribution >= 4 is 17.2 Å². The quantitative estimate of drug-likeness (QED) is 0.913. The van der Waals surface area contributed by atoms with Crippen LogP contribution in [0.3, 0.4) is 0 Å². The number of thiophene rings is 1. The first-order valence-electron chi connectivity index (χ1n) is 6.19. The number of aromatic nitrogens is 2. The van der Waals surface area contributed by atoms with Gasteiger partial charge in [-0.25, -0.2) is 0 Å². The molecule has 0 spiro atoms. The lowest BCUT2D eigenvalue weighted by Gasteiger charge is -2.15. The Morgan fingerprint density at radius 2 is 2.32 bits per heavy atom. The van der Waals surface area contributed by atoms with E-state index in [4.69, 9.17) is 4.52 Å². The van der Waals surface area contributed by atoms with Crippen LogP contribution in [0.5, 0.6) is 0 Å². The standard InChI is InChI=1S/C13H17N3O2S/c1-8(2)6-11(14-9(3)17)13-15-12(16-18-13)10-4-5-19-7-10/h4-5,7-8,11H,6H2,1-3H3,(H,14,17)/t11-/m0/s1. The molecule has 0 unspecified atom stereocenters. The lowest BCUT2D eigenvalue weighted by atomic mass is 10.0. The highest BCUT2D eigenvalue weighted by Crippen LogP contribution is 2.24. The molecule has 1 atom stereocenters.